The molecule has 0 aliphatic carbocycles. The number of anilines is 6. The van der Waals surface area contributed by atoms with Crippen molar-refractivity contribution in [2.75, 3.05) is 106 Å². The molecule has 7 heterocycles. The Balaban J connectivity index is 1.07. The molecule has 72 heavy (non-hydrogen) atoms. The smallest absolute Gasteiger partial charge is 0.371 e. The number of fused-ring (bicyclic) bond motifs is 2. The van der Waals surface area contributed by atoms with Crippen molar-refractivity contribution in [2.24, 2.45) is 0 Å². The van der Waals surface area contributed by atoms with Crippen molar-refractivity contribution in [3.05, 3.63) is 139 Å². The van der Waals surface area contributed by atoms with Gasteiger partial charge in [0.2, 0.25) is 0 Å². The average molecular weight is 996 g/mol. The summed E-state index contributed by atoms with van der Waals surface area (Å²) in [7, 11) is 0.891. The number of alkyl halides is 3. The van der Waals surface area contributed by atoms with Gasteiger partial charge in [0.1, 0.15) is 0 Å². The highest BCUT2D eigenvalue weighted by molar-refractivity contribution is 7.90. The molecule has 372 valence electrons. The van der Waals surface area contributed by atoms with Crippen LogP contribution in [0.1, 0.15) is 18.4 Å². The van der Waals surface area contributed by atoms with Gasteiger partial charge in [-0.15, -0.1) is 10.2 Å². The molecule has 3 aliphatic rings. The Morgan fingerprint density at radius 2 is 1.01 bits per heavy atom. The maximum Gasteiger partial charge on any atom is 0.416 e. The van der Waals surface area contributed by atoms with Crippen molar-refractivity contribution in [1.29, 1.82) is 0 Å². The quantitative estimate of drug-likeness (QED) is 0.116. The van der Waals surface area contributed by atoms with Crippen LogP contribution in [0.25, 0.3) is 33.5 Å². The standard InChI is InChI=1S/C53H56F3N13O2S/c1-61-28-32-64(33-29-61)41-22-26-63(27-23-41)42-8-4-10-44(36-42)68(52-58-50-48(13-7-25-67(50)60-52)39-16-20-46(21-17-39)72(3,70)71)69(45-11-5-9-43(37-45)65-34-30-62(2)31-35-65)51-57-49-47(12-6-24-66(49)59-51)38-14-18-40(19-15-38)53(54,55)56/h4-21,24-25,36-37,41H,22-23,26-35H2,1-3H3. The van der Waals surface area contributed by atoms with E-state index >= 15 is 0 Å². The summed E-state index contributed by atoms with van der Waals surface area (Å²) in [5.74, 6) is 0.562. The Kier molecular flexibility index (Phi) is 12.6. The molecule has 3 aliphatic heterocycles. The van der Waals surface area contributed by atoms with E-state index in [9.17, 15) is 21.6 Å². The second-order valence-electron chi connectivity index (χ2n) is 19.1. The first-order valence-corrected chi connectivity index (χ1v) is 26.2. The molecule has 0 unspecified atom stereocenters. The molecule has 3 saturated heterocycles. The van der Waals surface area contributed by atoms with Crippen molar-refractivity contribution >= 4 is 55.8 Å². The molecule has 0 bridgehead atoms. The maximum absolute atomic E-state index is 13.7. The Morgan fingerprint density at radius 1 is 0.556 bits per heavy atom. The van der Waals surface area contributed by atoms with Gasteiger partial charge >= 0.3 is 6.18 Å². The van der Waals surface area contributed by atoms with E-state index in [1.807, 2.05) is 58.7 Å². The van der Waals surface area contributed by atoms with Crippen LogP contribution in [-0.4, -0.2) is 144 Å². The minimum absolute atomic E-state index is 0.214. The van der Waals surface area contributed by atoms with E-state index in [-0.39, 0.29) is 10.8 Å². The van der Waals surface area contributed by atoms with Gasteiger partial charge in [0.25, 0.3) is 11.9 Å². The number of aromatic nitrogens is 6. The molecule has 15 nitrogen and oxygen atoms in total. The molecule has 0 N–H and O–H groups in total. The molecule has 3 fully saturated rings. The predicted octanol–water partition coefficient (Wildman–Crippen LogP) is 8.39. The molecule has 0 amide bonds. The van der Waals surface area contributed by atoms with E-state index in [1.54, 1.807) is 45.6 Å². The van der Waals surface area contributed by atoms with Crippen LogP contribution in [0.5, 0.6) is 0 Å². The van der Waals surface area contributed by atoms with Crippen molar-refractivity contribution in [2.45, 2.75) is 30.0 Å². The predicted molar refractivity (Wildman–Crippen MR) is 276 cm³/mol. The van der Waals surface area contributed by atoms with Crippen molar-refractivity contribution < 1.29 is 21.6 Å². The maximum atomic E-state index is 13.7. The molecule has 0 spiro atoms. The van der Waals surface area contributed by atoms with Crippen LogP contribution in [0.2, 0.25) is 0 Å². The summed E-state index contributed by atoms with van der Waals surface area (Å²) in [6, 6.07) is 36.5. The van der Waals surface area contributed by atoms with Gasteiger partial charge in [-0.05, 0) is 123 Å². The highest BCUT2D eigenvalue weighted by Crippen LogP contribution is 2.40. The van der Waals surface area contributed by atoms with E-state index < -0.39 is 21.6 Å². The molecule has 0 atom stereocenters. The molecule has 0 saturated carbocycles. The van der Waals surface area contributed by atoms with Crippen LogP contribution in [0.4, 0.5) is 47.8 Å². The average Bonchev–Trinajstić information content (AvgIpc) is 4.03. The molecule has 11 rings (SSSR count). The van der Waals surface area contributed by atoms with Gasteiger partial charge in [0.05, 0.1) is 21.8 Å². The molecule has 19 heteroatoms. The molecule has 8 aromatic rings. The number of likely N-dealkylation sites (N-methyl/N-ethyl adjacent to an activating group) is 2. The van der Waals surface area contributed by atoms with Crippen molar-refractivity contribution in [1.82, 2.24) is 43.9 Å². The fourth-order valence-electron chi connectivity index (χ4n) is 10.2. The number of pyridine rings is 2. The minimum Gasteiger partial charge on any atom is -0.371 e. The second-order valence-corrected chi connectivity index (χ2v) is 21.1. The zero-order valence-electron chi connectivity index (χ0n) is 40.4. The third kappa shape index (κ3) is 9.56. The van der Waals surface area contributed by atoms with Gasteiger partial charge in [-0.3, -0.25) is 4.90 Å². The Hall–Kier alpha value is -7.06. The van der Waals surface area contributed by atoms with Gasteiger partial charge < -0.3 is 19.6 Å². The Labute approximate surface area is 416 Å². The van der Waals surface area contributed by atoms with E-state index in [4.69, 9.17) is 20.2 Å². The summed E-state index contributed by atoms with van der Waals surface area (Å²) >= 11 is 0. The minimum atomic E-state index is -4.48. The number of hydrogen-bond donors (Lipinski definition) is 0. The van der Waals surface area contributed by atoms with E-state index in [2.05, 4.69) is 62.9 Å². The first-order valence-electron chi connectivity index (χ1n) is 24.3. The number of hydrogen-bond acceptors (Lipinski definition) is 13. The van der Waals surface area contributed by atoms with Crippen LogP contribution < -0.4 is 19.8 Å². The number of piperidine rings is 1. The van der Waals surface area contributed by atoms with Crippen LogP contribution >= 0.6 is 0 Å². The summed E-state index contributed by atoms with van der Waals surface area (Å²) < 4.78 is 69.4. The monoisotopic (exact) mass is 995 g/mol. The number of piperazine rings is 2. The molecule has 4 aromatic heterocycles. The fraction of sp³-hybridized carbons (Fsp3) is 0.321. The lowest BCUT2D eigenvalue weighted by Gasteiger charge is -2.42. The lowest BCUT2D eigenvalue weighted by atomic mass is 10.0. The van der Waals surface area contributed by atoms with E-state index in [0.29, 0.717) is 40.1 Å². The first kappa shape index (κ1) is 47.3. The summed E-state index contributed by atoms with van der Waals surface area (Å²) in [6.07, 6.45) is 2.42. The SMILES string of the molecule is CN1CCN(c2cccc(N(c3nc4c(-c5ccc(C(F)(F)F)cc5)cccn4n3)N(c3cccc(N4CCC(N5CCN(C)CC5)CC4)c3)c3nc4c(-c5ccc(S(C)(=O)=O)cc5)cccn4n3)c2)CC1. The Bertz CT molecular complexity index is 3320. The highest BCUT2D eigenvalue weighted by atomic mass is 32.2. The molecular weight excluding hydrogens is 940 g/mol. The van der Waals surface area contributed by atoms with Crippen LogP contribution in [0, 0.1) is 0 Å². The number of halogens is 3. The normalized spacial score (nSPS) is 17.0. The van der Waals surface area contributed by atoms with Crippen LogP contribution in [-0.2, 0) is 16.0 Å². The number of nitrogens with zero attached hydrogens (tertiary/aromatic N) is 13. The number of benzene rings is 4. The number of hydrazine groups is 1. The number of sulfone groups is 1. The third-order valence-corrected chi connectivity index (χ3v) is 15.4. The van der Waals surface area contributed by atoms with Crippen LogP contribution in [0.3, 0.4) is 0 Å². The van der Waals surface area contributed by atoms with Gasteiger partial charge in [0, 0.05) is 113 Å². The van der Waals surface area contributed by atoms with Crippen molar-refractivity contribution in [3.8, 4) is 22.3 Å². The molecular formula is C53H56F3N13O2S. The van der Waals surface area contributed by atoms with E-state index in [1.165, 1.54) is 18.4 Å². The third-order valence-electron chi connectivity index (χ3n) is 14.3. The van der Waals surface area contributed by atoms with Crippen molar-refractivity contribution in [3.63, 3.8) is 0 Å². The van der Waals surface area contributed by atoms with Crippen LogP contribution in [0.15, 0.2) is 139 Å². The lowest BCUT2D eigenvalue weighted by molar-refractivity contribution is -0.137. The number of rotatable bonds is 11. The topological polar surface area (TPSA) is 117 Å². The van der Waals surface area contributed by atoms with E-state index in [0.717, 1.165) is 119 Å². The highest BCUT2D eigenvalue weighted by Gasteiger charge is 2.33. The first-order chi connectivity index (χ1) is 34.7. The van der Waals surface area contributed by atoms with Gasteiger partial charge in [0.15, 0.2) is 21.1 Å². The van der Waals surface area contributed by atoms with Gasteiger partial charge in [-0.1, -0.05) is 36.4 Å². The van der Waals surface area contributed by atoms with Gasteiger partial charge in [-0.2, -0.15) is 23.1 Å². The molecule has 0 radical (unpaired) electrons. The summed E-state index contributed by atoms with van der Waals surface area (Å²) in [4.78, 5) is 22.9. The largest absolute Gasteiger partial charge is 0.416 e. The summed E-state index contributed by atoms with van der Waals surface area (Å²) in [5.41, 5.74) is 6.39. The zero-order valence-corrected chi connectivity index (χ0v) is 41.3. The fourth-order valence-corrected chi connectivity index (χ4v) is 10.8. The van der Waals surface area contributed by atoms with Gasteiger partial charge in [-0.25, -0.2) is 27.5 Å². The molecule has 4 aromatic carbocycles. The summed E-state index contributed by atoms with van der Waals surface area (Å²) in [6.45, 7) is 9.61. The zero-order chi connectivity index (χ0) is 49.7. The second kappa shape index (κ2) is 19.2. The lowest BCUT2D eigenvalue weighted by Crippen LogP contribution is -2.52. The Morgan fingerprint density at radius 3 is 1.49 bits per heavy atom. The summed E-state index contributed by atoms with van der Waals surface area (Å²) in [5, 5.41) is 14.2.